The molecule has 4 rings (SSSR count). The van der Waals surface area contributed by atoms with E-state index >= 15 is 0 Å². The first-order valence-corrected chi connectivity index (χ1v) is 12.9. The minimum absolute atomic E-state index is 0.0402. The van der Waals surface area contributed by atoms with Crippen molar-refractivity contribution in [2.45, 2.75) is 43.9 Å². The highest BCUT2D eigenvalue weighted by Crippen LogP contribution is 2.32. The second-order valence-electron chi connectivity index (χ2n) is 10.1. The summed E-state index contributed by atoms with van der Waals surface area (Å²) in [6.07, 6.45) is 1.88. The lowest BCUT2D eigenvalue weighted by atomic mass is 9.94. The predicted molar refractivity (Wildman–Crippen MR) is 141 cm³/mol. The average Bonchev–Trinajstić information content (AvgIpc) is 2.89. The second-order valence-corrected chi connectivity index (χ2v) is 10.1. The van der Waals surface area contributed by atoms with Crippen molar-refractivity contribution in [2.75, 3.05) is 46.2 Å². The van der Waals surface area contributed by atoms with Crippen molar-refractivity contribution in [3.8, 4) is 5.75 Å². The zero-order valence-electron chi connectivity index (χ0n) is 22.0. The van der Waals surface area contributed by atoms with E-state index in [-0.39, 0.29) is 48.7 Å². The molecule has 0 radical (unpaired) electrons. The van der Waals surface area contributed by atoms with Gasteiger partial charge in [0, 0.05) is 24.8 Å². The van der Waals surface area contributed by atoms with Crippen molar-refractivity contribution in [1.82, 2.24) is 15.1 Å². The molecule has 3 amide bonds. The molecular formula is C28H35FN4O5. The van der Waals surface area contributed by atoms with Crippen molar-refractivity contribution in [3.63, 3.8) is 0 Å². The van der Waals surface area contributed by atoms with Gasteiger partial charge in [0.15, 0.2) is 0 Å². The fraction of sp³-hybridized carbons (Fsp3) is 0.464. The van der Waals surface area contributed by atoms with Gasteiger partial charge < -0.3 is 29.9 Å². The van der Waals surface area contributed by atoms with Gasteiger partial charge in [-0.2, -0.15) is 0 Å². The standard InChI is InChI=1S/C28H35FN4O5/c1-32(2)13-5-12-30-26(34)16-21-9-10-23-25(38-21)17-37-24-11-8-20(15-22(24)28(36)33(23)3)31-27(35)18-6-4-7-19(29)14-18/h4,6-8,11,14-15,21,23,25H,5,9-10,12-13,16-17H2,1-3H3,(H,30,34)(H,31,35)/t21-,23+,25-/m0/s1. The highest BCUT2D eigenvalue weighted by molar-refractivity contribution is 6.05. The van der Waals surface area contributed by atoms with Crippen LogP contribution in [0.15, 0.2) is 42.5 Å². The Bertz CT molecular complexity index is 1170. The summed E-state index contributed by atoms with van der Waals surface area (Å²) in [7, 11) is 5.73. The van der Waals surface area contributed by atoms with E-state index in [0.717, 1.165) is 19.0 Å². The Morgan fingerprint density at radius 1 is 1.16 bits per heavy atom. The molecule has 38 heavy (non-hydrogen) atoms. The fourth-order valence-corrected chi connectivity index (χ4v) is 4.84. The van der Waals surface area contributed by atoms with Crippen LogP contribution in [0.25, 0.3) is 0 Å². The summed E-state index contributed by atoms with van der Waals surface area (Å²) in [5.41, 5.74) is 0.898. The van der Waals surface area contributed by atoms with Gasteiger partial charge in [-0.25, -0.2) is 4.39 Å². The highest BCUT2D eigenvalue weighted by Gasteiger charge is 2.39. The Balaban J connectivity index is 1.39. The first-order chi connectivity index (χ1) is 18.2. The maximum Gasteiger partial charge on any atom is 0.257 e. The van der Waals surface area contributed by atoms with E-state index in [4.69, 9.17) is 9.47 Å². The van der Waals surface area contributed by atoms with Crippen LogP contribution in [0.1, 0.15) is 46.4 Å². The Morgan fingerprint density at radius 2 is 1.97 bits per heavy atom. The van der Waals surface area contributed by atoms with Gasteiger partial charge in [-0.15, -0.1) is 0 Å². The number of halogens is 1. The average molecular weight is 527 g/mol. The van der Waals surface area contributed by atoms with Crippen molar-refractivity contribution in [3.05, 3.63) is 59.4 Å². The van der Waals surface area contributed by atoms with Gasteiger partial charge in [0.25, 0.3) is 11.8 Å². The molecule has 0 spiro atoms. The molecule has 2 aliphatic rings. The third-order valence-corrected chi connectivity index (χ3v) is 6.87. The molecule has 0 unspecified atom stereocenters. The summed E-state index contributed by atoms with van der Waals surface area (Å²) in [5, 5.41) is 5.66. The summed E-state index contributed by atoms with van der Waals surface area (Å²) >= 11 is 0. The van der Waals surface area contributed by atoms with Crippen molar-refractivity contribution < 1.29 is 28.2 Å². The molecule has 2 aliphatic heterocycles. The van der Waals surface area contributed by atoms with E-state index in [0.29, 0.717) is 36.4 Å². The van der Waals surface area contributed by atoms with Gasteiger partial charge in [-0.05, 0) is 76.3 Å². The Kier molecular flexibility index (Phi) is 8.96. The van der Waals surface area contributed by atoms with Gasteiger partial charge in [0.2, 0.25) is 5.91 Å². The SMILES string of the molecule is CN(C)CCCNC(=O)C[C@@H]1CC[C@@H]2[C@H](COc3ccc(NC(=O)c4cccc(F)c4)cc3C(=O)N2C)O1. The lowest BCUT2D eigenvalue weighted by Crippen LogP contribution is -2.54. The number of benzene rings is 2. The fourth-order valence-electron chi connectivity index (χ4n) is 4.84. The number of likely N-dealkylation sites (N-methyl/N-ethyl adjacent to an activating group) is 1. The van der Waals surface area contributed by atoms with Crippen LogP contribution in [0.4, 0.5) is 10.1 Å². The molecule has 0 bridgehead atoms. The van der Waals surface area contributed by atoms with E-state index in [1.165, 1.54) is 18.2 Å². The first-order valence-electron chi connectivity index (χ1n) is 12.9. The van der Waals surface area contributed by atoms with Gasteiger partial charge >= 0.3 is 0 Å². The van der Waals surface area contributed by atoms with Crippen LogP contribution in [0.5, 0.6) is 5.75 Å². The molecule has 2 aromatic rings. The van der Waals surface area contributed by atoms with Crippen LogP contribution >= 0.6 is 0 Å². The van der Waals surface area contributed by atoms with E-state index < -0.39 is 11.7 Å². The van der Waals surface area contributed by atoms with Gasteiger partial charge in [-0.3, -0.25) is 14.4 Å². The maximum atomic E-state index is 13.5. The van der Waals surface area contributed by atoms with E-state index in [1.807, 2.05) is 14.1 Å². The van der Waals surface area contributed by atoms with E-state index in [2.05, 4.69) is 15.5 Å². The number of anilines is 1. The van der Waals surface area contributed by atoms with Crippen LogP contribution in [0.2, 0.25) is 0 Å². The number of carbonyl (C=O) groups is 3. The Morgan fingerprint density at radius 3 is 2.74 bits per heavy atom. The van der Waals surface area contributed by atoms with E-state index in [9.17, 15) is 18.8 Å². The minimum Gasteiger partial charge on any atom is -0.490 e. The van der Waals surface area contributed by atoms with Crippen LogP contribution in [-0.4, -0.2) is 86.6 Å². The summed E-state index contributed by atoms with van der Waals surface area (Å²) in [6.45, 7) is 1.76. The zero-order chi connectivity index (χ0) is 27.2. The largest absolute Gasteiger partial charge is 0.490 e. The molecule has 10 heteroatoms. The molecule has 0 aliphatic carbocycles. The monoisotopic (exact) mass is 526 g/mol. The molecule has 2 aromatic carbocycles. The molecule has 3 atom stereocenters. The topological polar surface area (TPSA) is 100 Å². The Hall–Kier alpha value is -3.50. The number of hydrogen-bond acceptors (Lipinski definition) is 6. The quantitative estimate of drug-likeness (QED) is 0.513. The molecule has 204 valence electrons. The molecule has 1 saturated heterocycles. The summed E-state index contributed by atoms with van der Waals surface area (Å²) < 4.78 is 25.7. The number of ether oxygens (including phenoxy) is 2. The third kappa shape index (κ3) is 6.87. The van der Waals surface area contributed by atoms with Crippen molar-refractivity contribution >= 4 is 23.4 Å². The lowest BCUT2D eigenvalue weighted by Gasteiger charge is -2.42. The molecular weight excluding hydrogens is 491 g/mol. The maximum absolute atomic E-state index is 13.5. The van der Waals surface area contributed by atoms with Crippen LogP contribution in [0, 0.1) is 5.82 Å². The normalized spacial score (nSPS) is 21.0. The zero-order valence-corrected chi connectivity index (χ0v) is 22.0. The van der Waals surface area contributed by atoms with Gasteiger partial charge in [-0.1, -0.05) is 6.07 Å². The van der Waals surface area contributed by atoms with Crippen LogP contribution < -0.4 is 15.4 Å². The second kappa shape index (κ2) is 12.4. The van der Waals surface area contributed by atoms with Crippen molar-refractivity contribution in [1.29, 1.82) is 0 Å². The third-order valence-electron chi connectivity index (χ3n) is 6.87. The molecule has 0 saturated carbocycles. The number of rotatable bonds is 8. The van der Waals surface area contributed by atoms with E-state index in [1.54, 1.807) is 30.1 Å². The molecule has 1 fully saturated rings. The summed E-state index contributed by atoms with van der Waals surface area (Å²) in [6, 6.07) is 10.0. The highest BCUT2D eigenvalue weighted by atomic mass is 19.1. The number of nitrogens with zero attached hydrogens (tertiary/aromatic N) is 2. The van der Waals surface area contributed by atoms with Crippen molar-refractivity contribution in [2.24, 2.45) is 0 Å². The van der Waals surface area contributed by atoms with Crippen LogP contribution in [0.3, 0.4) is 0 Å². The molecule has 0 aromatic heterocycles. The number of nitrogens with one attached hydrogen (secondary N) is 2. The molecule has 9 nitrogen and oxygen atoms in total. The number of hydrogen-bond donors (Lipinski definition) is 2. The number of fused-ring (bicyclic) bond motifs is 2. The molecule has 2 N–H and O–H groups in total. The Labute approximate surface area is 222 Å². The smallest absolute Gasteiger partial charge is 0.257 e. The molecule has 2 heterocycles. The van der Waals surface area contributed by atoms with Gasteiger partial charge in [0.1, 0.15) is 24.3 Å². The van der Waals surface area contributed by atoms with Gasteiger partial charge in [0.05, 0.1) is 24.1 Å². The van der Waals surface area contributed by atoms with Crippen LogP contribution in [-0.2, 0) is 9.53 Å². The summed E-state index contributed by atoms with van der Waals surface area (Å²) in [5.74, 6) is -0.897. The number of carbonyl (C=O) groups excluding carboxylic acids is 3. The number of amides is 3. The summed E-state index contributed by atoms with van der Waals surface area (Å²) in [4.78, 5) is 42.1. The predicted octanol–water partition coefficient (Wildman–Crippen LogP) is 2.92. The lowest BCUT2D eigenvalue weighted by molar-refractivity contribution is -0.134. The first kappa shape index (κ1) is 27.5. The minimum atomic E-state index is -0.506.